The highest BCUT2D eigenvalue weighted by Gasteiger charge is 2.27. The molecule has 2 saturated heterocycles. The largest absolute Gasteiger partial charge is 0.354 e. The van der Waals surface area contributed by atoms with Gasteiger partial charge in [0, 0.05) is 44.5 Å². The van der Waals surface area contributed by atoms with Crippen LogP contribution in [0.15, 0.2) is 18.3 Å². The first-order valence-electron chi connectivity index (χ1n) is 7.52. The Bertz CT molecular complexity index is 459. The monoisotopic (exact) mass is 274 g/mol. The molecule has 108 valence electrons. The Hall–Kier alpha value is -1.62. The lowest BCUT2D eigenvalue weighted by Gasteiger charge is -2.36. The number of nitrogens with one attached hydrogen (secondary N) is 1. The van der Waals surface area contributed by atoms with E-state index < -0.39 is 0 Å². The molecule has 0 aromatic carbocycles. The van der Waals surface area contributed by atoms with Crippen LogP contribution >= 0.6 is 0 Å². The summed E-state index contributed by atoms with van der Waals surface area (Å²) >= 11 is 0. The molecule has 3 rings (SSSR count). The summed E-state index contributed by atoms with van der Waals surface area (Å²) in [7, 11) is 0. The van der Waals surface area contributed by atoms with Crippen LogP contribution in [0.4, 0.5) is 5.82 Å². The lowest BCUT2D eigenvalue weighted by molar-refractivity contribution is -0.121. The highest BCUT2D eigenvalue weighted by molar-refractivity contribution is 5.54. The van der Waals surface area contributed by atoms with Gasteiger partial charge in [-0.05, 0) is 25.3 Å². The van der Waals surface area contributed by atoms with Crippen molar-refractivity contribution in [3.63, 3.8) is 0 Å². The van der Waals surface area contributed by atoms with Crippen molar-refractivity contribution in [2.75, 3.05) is 37.6 Å². The number of piperazine rings is 1. The van der Waals surface area contributed by atoms with Crippen LogP contribution in [0.3, 0.4) is 0 Å². The van der Waals surface area contributed by atoms with E-state index in [1.165, 1.54) is 12.0 Å². The number of rotatable bonds is 3. The third-order valence-corrected chi connectivity index (χ3v) is 4.27. The highest BCUT2D eigenvalue weighted by atomic mass is 16.1. The SMILES string of the molecule is O=CN1CCCCC1c1cccnc1N1CCNCC1. The number of amides is 1. The summed E-state index contributed by atoms with van der Waals surface area (Å²) in [5.41, 5.74) is 1.21. The summed E-state index contributed by atoms with van der Waals surface area (Å²) in [5.74, 6) is 1.06. The fourth-order valence-electron chi connectivity index (χ4n) is 3.22. The molecule has 2 fully saturated rings. The fraction of sp³-hybridized carbons (Fsp3) is 0.600. The number of hydrogen-bond acceptors (Lipinski definition) is 4. The Labute approximate surface area is 120 Å². The molecule has 0 spiro atoms. The third-order valence-electron chi connectivity index (χ3n) is 4.27. The Morgan fingerprint density at radius 1 is 1.25 bits per heavy atom. The van der Waals surface area contributed by atoms with E-state index in [1.807, 2.05) is 17.2 Å². The van der Waals surface area contributed by atoms with Crippen LogP contribution in [0.1, 0.15) is 30.9 Å². The minimum atomic E-state index is 0.194. The molecular weight excluding hydrogens is 252 g/mol. The van der Waals surface area contributed by atoms with Gasteiger partial charge in [0.2, 0.25) is 6.41 Å². The number of carbonyl (C=O) groups excluding carboxylic acids is 1. The van der Waals surface area contributed by atoms with Crippen LogP contribution in [0.5, 0.6) is 0 Å². The molecule has 20 heavy (non-hydrogen) atoms. The normalized spacial score (nSPS) is 23.7. The quantitative estimate of drug-likeness (QED) is 0.841. The topological polar surface area (TPSA) is 48.5 Å². The molecule has 2 aliphatic rings. The van der Waals surface area contributed by atoms with Crippen molar-refractivity contribution in [3.05, 3.63) is 23.9 Å². The number of anilines is 1. The van der Waals surface area contributed by atoms with Gasteiger partial charge in [0.15, 0.2) is 0 Å². The molecule has 1 atom stereocenters. The molecule has 5 nitrogen and oxygen atoms in total. The van der Waals surface area contributed by atoms with Crippen LogP contribution in [-0.4, -0.2) is 49.0 Å². The Kier molecular flexibility index (Phi) is 4.16. The summed E-state index contributed by atoms with van der Waals surface area (Å²) in [4.78, 5) is 20.2. The van der Waals surface area contributed by atoms with Crippen LogP contribution in [0, 0.1) is 0 Å². The second kappa shape index (κ2) is 6.22. The molecule has 1 aromatic heterocycles. The van der Waals surface area contributed by atoms with Gasteiger partial charge in [-0.25, -0.2) is 4.98 Å². The maximum absolute atomic E-state index is 11.3. The van der Waals surface area contributed by atoms with Gasteiger partial charge in [0.05, 0.1) is 6.04 Å². The number of likely N-dealkylation sites (tertiary alicyclic amines) is 1. The number of piperidine rings is 1. The van der Waals surface area contributed by atoms with Gasteiger partial charge in [-0.2, -0.15) is 0 Å². The van der Waals surface area contributed by atoms with Crippen LogP contribution in [0.25, 0.3) is 0 Å². The van der Waals surface area contributed by atoms with Gasteiger partial charge in [-0.3, -0.25) is 4.79 Å². The zero-order chi connectivity index (χ0) is 13.8. The Balaban J connectivity index is 1.89. The molecule has 1 aromatic rings. The van der Waals surface area contributed by atoms with E-state index in [0.717, 1.165) is 57.8 Å². The molecule has 0 aliphatic carbocycles. The number of aromatic nitrogens is 1. The first-order chi connectivity index (χ1) is 9.90. The van der Waals surface area contributed by atoms with Crippen molar-refractivity contribution in [2.24, 2.45) is 0 Å². The zero-order valence-corrected chi connectivity index (χ0v) is 11.8. The number of hydrogen-bond donors (Lipinski definition) is 1. The molecule has 1 amide bonds. The van der Waals surface area contributed by atoms with Crippen molar-refractivity contribution < 1.29 is 4.79 Å². The average molecular weight is 274 g/mol. The first kappa shape index (κ1) is 13.4. The molecule has 2 aliphatic heterocycles. The van der Waals surface area contributed by atoms with E-state index in [2.05, 4.69) is 21.3 Å². The molecule has 0 bridgehead atoms. The summed E-state index contributed by atoms with van der Waals surface area (Å²) in [6.07, 6.45) is 6.19. The van der Waals surface area contributed by atoms with Gasteiger partial charge in [0.25, 0.3) is 0 Å². The highest BCUT2D eigenvalue weighted by Crippen LogP contribution is 2.34. The second-order valence-corrected chi connectivity index (χ2v) is 5.51. The van der Waals surface area contributed by atoms with Gasteiger partial charge >= 0.3 is 0 Å². The number of pyridine rings is 1. The molecule has 5 heteroatoms. The van der Waals surface area contributed by atoms with Gasteiger partial charge in [-0.15, -0.1) is 0 Å². The van der Waals surface area contributed by atoms with E-state index in [9.17, 15) is 4.79 Å². The maximum Gasteiger partial charge on any atom is 0.210 e. The van der Waals surface area contributed by atoms with Gasteiger partial charge < -0.3 is 15.1 Å². The van der Waals surface area contributed by atoms with E-state index >= 15 is 0 Å². The molecule has 1 unspecified atom stereocenters. The predicted molar refractivity (Wildman–Crippen MR) is 78.7 cm³/mol. The Morgan fingerprint density at radius 2 is 2.10 bits per heavy atom. The summed E-state index contributed by atoms with van der Waals surface area (Å²) in [6.45, 7) is 4.83. The van der Waals surface area contributed by atoms with Gasteiger partial charge in [-0.1, -0.05) is 6.07 Å². The van der Waals surface area contributed by atoms with Crippen molar-refractivity contribution >= 4 is 12.2 Å². The van der Waals surface area contributed by atoms with Gasteiger partial charge in [0.1, 0.15) is 5.82 Å². The average Bonchev–Trinajstić information content (AvgIpc) is 2.55. The standard InChI is InChI=1S/C15H22N4O/c20-12-19-9-2-1-5-14(19)13-4-3-6-17-15(13)18-10-7-16-8-11-18/h3-4,6,12,14,16H,1-2,5,7-11H2. The van der Waals surface area contributed by atoms with Crippen LogP contribution < -0.4 is 10.2 Å². The predicted octanol–water partition coefficient (Wildman–Crippen LogP) is 1.17. The summed E-state index contributed by atoms with van der Waals surface area (Å²) in [5, 5.41) is 3.37. The minimum absolute atomic E-state index is 0.194. The van der Waals surface area contributed by atoms with Crippen LogP contribution in [0.2, 0.25) is 0 Å². The van der Waals surface area contributed by atoms with Crippen molar-refractivity contribution in [2.45, 2.75) is 25.3 Å². The fourth-order valence-corrected chi connectivity index (χ4v) is 3.22. The minimum Gasteiger partial charge on any atom is -0.354 e. The van der Waals surface area contributed by atoms with Crippen molar-refractivity contribution in [1.82, 2.24) is 15.2 Å². The third kappa shape index (κ3) is 2.63. The molecule has 3 heterocycles. The van der Waals surface area contributed by atoms with E-state index in [4.69, 9.17) is 0 Å². The first-order valence-corrected chi connectivity index (χ1v) is 7.52. The van der Waals surface area contributed by atoms with Crippen molar-refractivity contribution in [1.29, 1.82) is 0 Å². The van der Waals surface area contributed by atoms with E-state index in [1.54, 1.807) is 0 Å². The smallest absolute Gasteiger partial charge is 0.210 e. The van der Waals surface area contributed by atoms with E-state index in [0.29, 0.717) is 0 Å². The van der Waals surface area contributed by atoms with E-state index in [-0.39, 0.29) is 6.04 Å². The summed E-state index contributed by atoms with van der Waals surface area (Å²) < 4.78 is 0. The summed E-state index contributed by atoms with van der Waals surface area (Å²) in [6, 6.07) is 4.31. The molecule has 0 radical (unpaired) electrons. The van der Waals surface area contributed by atoms with Crippen LogP contribution in [-0.2, 0) is 4.79 Å². The second-order valence-electron chi connectivity index (χ2n) is 5.51. The number of carbonyl (C=O) groups is 1. The number of nitrogens with zero attached hydrogens (tertiary/aromatic N) is 3. The maximum atomic E-state index is 11.3. The molecular formula is C15H22N4O. The lowest BCUT2D eigenvalue weighted by Crippen LogP contribution is -2.44. The Morgan fingerprint density at radius 3 is 2.90 bits per heavy atom. The lowest BCUT2D eigenvalue weighted by atomic mass is 9.96. The molecule has 0 saturated carbocycles. The van der Waals surface area contributed by atoms with Crippen molar-refractivity contribution in [3.8, 4) is 0 Å². The zero-order valence-electron chi connectivity index (χ0n) is 11.8. The molecule has 1 N–H and O–H groups in total.